The van der Waals surface area contributed by atoms with E-state index in [0.717, 1.165) is 11.3 Å². The molecule has 0 fully saturated rings. The van der Waals surface area contributed by atoms with E-state index in [4.69, 9.17) is 4.79 Å². The molecule has 0 radical (unpaired) electrons. The number of aryl methyl sites for hydroxylation is 1. The van der Waals surface area contributed by atoms with Crippen molar-refractivity contribution in [2.24, 2.45) is 0 Å². The third kappa shape index (κ3) is 16.4. The van der Waals surface area contributed by atoms with E-state index in [1.807, 2.05) is 25.0 Å². The SMILES string of the molecule is C=O.CCCCCCCCNCCCCCCCC.Cc1ccccc1-c1cn[nH]n1. The molecule has 0 spiro atoms. The Hall–Kier alpha value is -2.01. The van der Waals surface area contributed by atoms with E-state index in [1.54, 1.807) is 6.20 Å². The summed E-state index contributed by atoms with van der Waals surface area (Å²) in [5.74, 6) is 0. The molecule has 2 rings (SSSR count). The van der Waals surface area contributed by atoms with Crippen LogP contribution in [0.3, 0.4) is 0 Å². The molecule has 5 heteroatoms. The van der Waals surface area contributed by atoms with E-state index in [1.165, 1.54) is 95.7 Å². The van der Waals surface area contributed by atoms with Gasteiger partial charge in [-0.15, -0.1) is 0 Å². The van der Waals surface area contributed by atoms with Gasteiger partial charge in [-0.1, -0.05) is 102 Å². The molecule has 1 aromatic carbocycles. The van der Waals surface area contributed by atoms with Crippen LogP contribution in [0.4, 0.5) is 0 Å². The lowest BCUT2D eigenvalue weighted by Crippen LogP contribution is -2.16. The lowest BCUT2D eigenvalue weighted by atomic mass is 10.1. The fourth-order valence-corrected chi connectivity index (χ4v) is 3.38. The largest absolute Gasteiger partial charge is 0.317 e. The number of aromatic nitrogens is 3. The number of unbranched alkanes of at least 4 members (excludes halogenated alkanes) is 10. The molecule has 0 amide bonds. The van der Waals surface area contributed by atoms with E-state index in [2.05, 4.69) is 47.6 Å². The van der Waals surface area contributed by atoms with Crippen molar-refractivity contribution in [1.82, 2.24) is 20.7 Å². The molecule has 5 nitrogen and oxygen atoms in total. The molecule has 2 N–H and O–H groups in total. The fourth-order valence-electron chi connectivity index (χ4n) is 3.38. The molecule has 1 aromatic heterocycles. The number of carbonyl (C=O) groups excluding carboxylic acids is 1. The highest BCUT2D eigenvalue weighted by atomic mass is 16.1. The van der Waals surface area contributed by atoms with E-state index in [9.17, 15) is 0 Å². The van der Waals surface area contributed by atoms with Crippen LogP contribution in [0.15, 0.2) is 30.5 Å². The van der Waals surface area contributed by atoms with Crippen molar-refractivity contribution in [1.29, 1.82) is 0 Å². The standard InChI is InChI=1S/C16H35N.C9H9N3.CH2O/c1-3-5-7-9-11-13-15-17-16-14-12-10-8-6-4-2;1-7-4-2-3-5-8(7)9-6-10-12-11-9;1-2/h17H,3-16H2,1-2H3;2-6H,1H3,(H,10,11,12);1H2. The number of carbonyl (C=O) groups is 1. The number of nitrogens with zero attached hydrogens (tertiary/aromatic N) is 2. The summed E-state index contributed by atoms with van der Waals surface area (Å²) in [6, 6.07) is 8.10. The van der Waals surface area contributed by atoms with E-state index in [-0.39, 0.29) is 0 Å². The second-order valence-corrected chi connectivity index (χ2v) is 7.96. The van der Waals surface area contributed by atoms with Crippen LogP contribution in [0, 0.1) is 6.92 Å². The summed E-state index contributed by atoms with van der Waals surface area (Å²) in [5, 5.41) is 13.9. The van der Waals surface area contributed by atoms with Crippen molar-refractivity contribution in [2.45, 2.75) is 97.8 Å². The molecule has 0 aliphatic rings. The topological polar surface area (TPSA) is 70.7 Å². The highest BCUT2D eigenvalue weighted by Gasteiger charge is 2.01. The minimum atomic E-state index is 0.896. The van der Waals surface area contributed by atoms with Crippen LogP contribution in [-0.4, -0.2) is 35.3 Å². The molecule has 0 saturated heterocycles. The Morgan fingerprint density at radius 3 is 1.81 bits per heavy atom. The number of nitrogens with one attached hydrogen (secondary N) is 2. The molecule has 0 saturated carbocycles. The average Bonchev–Trinajstić information content (AvgIpc) is 3.34. The van der Waals surface area contributed by atoms with Crippen molar-refractivity contribution in [3.63, 3.8) is 0 Å². The highest BCUT2D eigenvalue weighted by Crippen LogP contribution is 2.18. The Morgan fingerprint density at radius 1 is 0.806 bits per heavy atom. The Balaban J connectivity index is 0.000000558. The fraction of sp³-hybridized carbons (Fsp3) is 0.654. The number of hydrogen-bond acceptors (Lipinski definition) is 4. The second-order valence-electron chi connectivity index (χ2n) is 7.96. The Labute approximate surface area is 190 Å². The van der Waals surface area contributed by atoms with Gasteiger partial charge in [-0.05, 0) is 38.4 Å². The smallest absolute Gasteiger partial charge is 0.113 e. The highest BCUT2D eigenvalue weighted by molar-refractivity contribution is 5.61. The van der Waals surface area contributed by atoms with Crippen LogP contribution in [0.1, 0.15) is 96.5 Å². The van der Waals surface area contributed by atoms with Gasteiger partial charge in [0.2, 0.25) is 0 Å². The molecule has 0 bridgehead atoms. The molecular formula is C26H46N4O. The molecule has 31 heavy (non-hydrogen) atoms. The maximum Gasteiger partial charge on any atom is 0.113 e. The van der Waals surface area contributed by atoms with Crippen LogP contribution in [0.2, 0.25) is 0 Å². The predicted octanol–water partition coefficient (Wildman–Crippen LogP) is 6.89. The number of aromatic amines is 1. The number of rotatable bonds is 15. The van der Waals surface area contributed by atoms with Crippen molar-refractivity contribution in [2.75, 3.05) is 13.1 Å². The van der Waals surface area contributed by atoms with E-state index >= 15 is 0 Å². The number of benzene rings is 1. The van der Waals surface area contributed by atoms with Gasteiger partial charge in [0.25, 0.3) is 0 Å². The van der Waals surface area contributed by atoms with Gasteiger partial charge in [0.15, 0.2) is 0 Å². The van der Waals surface area contributed by atoms with E-state index in [0.29, 0.717) is 0 Å². The minimum Gasteiger partial charge on any atom is -0.317 e. The molecule has 1 heterocycles. The molecular weight excluding hydrogens is 384 g/mol. The zero-order valence-electron chi connectivity index (χ0n) is 20.3. The second kappa shape index (κ2) is 22.7. The monoisotopic (exact) mass is 430 g/mol. The molecule has 0 unspecified atom stereocenters. The Bertz CT molecular complexity index is 587. The van der Waals surface area contributed by atoms with Crippen LogP contribution in [0.5, 0.6) is 0 Å². The zero-order chi connectivity index (χ0) is 23.0. The Kier molecular flexibility index (Phi) is 21.2. The van der Waals surface area contributed by atoms with Gasteiger partial charge in [0, 0.05) is 5.56 Å². The summed E-state index contributed by atoms with van der Waals surface area (Å²) in [6.07, 6.45) is 18.6. The maximum atomic E-state index is 8.00. The number of H-pyrrole nitrogens is 1. The normalized spacial score (nSPS) is 10.0. The van der Waals surface area contributed by atoms with Crippen molar-refractivity contribution in [3.05, 3.63) is 36.0 Å². The molecule has 0 atom stereocenters. The van der Waals surface area contributed by atoms with Crippen molar-refractivity contribution >= 4 is 6.79 Å². The zero-order valence-corrected chi connectivity index (χ0v) is 20.3. The van der Waals surface area contributed by atoms with Crippen molar-refractivity contribution < 1.29 is 4.79 Å². The molecule has 2 aromatic rings. The summed E-state index contributed by atoms with van der Waals surface area (Å²) in [5.41, 5.74) is 3.24. The lowest BCUT2D eigenvalue weighted by molar-refractivity contribution is -0.0979. The lowest BCUT2D eigenvalue weighted by Gasteiger charge is -2.04. The minimum absolute atomic E-state index is 0.896. The van der Waals surface area contributed by atoms with Gasteiger partial charge in [-0.2, -0.15) is 15.4 Å². The third-order valence-electron chi connectivity index (χ3n) is 5.25. The molecule has 0 aliphatic heterocycles. The first-order valence-electron chi connectivity index (χ1n) is 12.2. The quantitative estimate of drug-likeness (QED) is 0.302. The summed E-state index contributed by atoms with van der Waals surface area (Å²) in [4.78, 5) is 8.00. The van der Waals surface area contributed by atoms with Gasteiger partial charge in [0.1, 0.15) is 12.5 Å². The van der Waals surface area contributed by atoms with Gasteiger partial charge < -0.3 is 10.1 Å². The van der Waals surface area contributed by atoms with Crippen LogP contribution >= 0.6 is 0 Å². The molecule has 0 aliphatic carbocycles. The molecule has 176 valence electrons. The van der Waals surface area contributed by atoms with Gasteiger partial charge in [0.05, 0.1) is 6.20 Å². The first-order valence-corrected chi connectivity index (χ1v) is 12.2. The van der Waals surface area contributed by atoms with Crippen LogP contribution < -0.4 is 5.32 Å². The summed E-state index contributed by atoms with van der Waals surface area (Å²) < 4.78 is 0. The van der Waals surface area contributed by atoms with Gasteiger partial charge in [-0.3, -0.25) is 0 Å². The third-order valence-corrected chi connectivity index (χ3v) is 5.25. The predicted molar refractivity (Wildman–Crippen MR) is 133 cm³/mol. The first kappa shape index (κ1) is 29.0. The average molecular weight is 431 g/mol. The van der Waals surface area contributed by atoms with Gasteiger partial charge >= 0.3 is 0 Å². The van der Waals surface area contributed by atoms with Crippen molar-refractivity contribution in [3.8, 4) is 11.3 Å². The number of hydrogen-bond donors (Lipinski definition) is 2. The Morgan fingerprint density at radius 2 is 1.32 bits per heavy atom. The summed E-state index contributed by atoms with van der Waals surface area (Å²) in [6.45, 7) is 11.1. The summed E-state index contributed by atoms with van der Waals surface area (Å²) >= 11 is 0. The maximum absolute atomic E-state index is 8.00. The van der Waals surface area contributed by atoms with Crippen LogP contribution in [0.25, 0.3) is 11.3 Å². The van der Waals surface area contributed by atoms with Gasteiger partial charge in [-0.25, -0.2) is 0 Å². The first-order chi connectivity index (χ1) is 15.3. The van der Waals surface area contributed by atoms with E-state index < -0.39 is 0 Å². The summed E-state index contributed by atoms with van der Waals surface area (Å²) in [7, 11) is 0. The van der Waals surface area contributed by atoms with Crippen LogP contribution in [-0.2, 0) is 4.79 Å².